The summed E-state index contributed by atoms with van der Waals surface area (Å²) in [4.78, 5) is 12.2. The zero-order chi connectivity index (χ0) is 22.7. The number of hydrogen-bond acceptors (Lipinski definition) is 7. The van der Waals surface area contributed by atoms with Crippen LogP contribution in [0.5, 0.6) is 0 Å². The molecule has 30 heavy (non-hydrogen) atoms. The number of aliphatic hydroxyl groups is 4. The molecule has 1 fully saturated rings. The lowest BCUT2D eigenvalue weighted by molar-refractivity contribution is -0.306. The van der Waals surface area contributed by atoms with Gasteiger partial charge < -0.3 is 29.9 Å². The SMILES string of the molecule is CCCC[C@@]1(/C=C/C(C)O[C@@H]2O[C@H](CO)[C@@H](O)[C@H](O)[C@H]2O)C(C)=CC(=O)CC1(C)C. The Morgan fingerprint density at radius 3 is 2.50 bits per heavy atom. The van der Waals surface area contributed by atoms with Crippen LogP contribution >= 0.6 is 0 Å². The fourth-order valence-corrected chi connectivity index (χ4v) is 4.72. The predicted molar refractivity (Wildman–Crippen MR) is 113 cm³/mol. The Labute approximate surface area is 179 Å². The first-order valence-corrected chi connectivity index (χ1v) is 10.9. The summed E-state index contributed by atoms with van der Waals surface area (Å²) in [5.74, 6) is 0.142. The van der Waals surface area contributed by atoms with Crippen molar-refractivity contribution in [2.45, 2.75) is 97.1 Å². The molecular weight excluding hydrogens is 388 g/mol. The zero-order valence-corrected chi connectivity index (χ0v) is 18.7. The molecule has 1 unspecified atom stereocenters. The summed E-state index contributed by atoms with van der Waals surface area (Å²) < 4.78 is 11.2. The molecule has 0 saturated carbocycles. The lowest BCUT2D eigenvalue weighted by Gasteiger charge is -2.49. The van der Waals surface area contributed by atoms with Gasteiger partial charge in [-0.25, -0.2) is 0 Å². The van der Waals surface area contributed by atoms with Gasteiger partial charge in [0.25, 0.3) is 0 Å². The van der Waals surface area contributed by atoms with Gasteiger partial charge in [0.15, 0.2) is 12.1 Å². The normalized spacial score (nSPS) is 38.0. The molecule has 7 nitrogen and oxygen atoms in total. The maximum absolute atomic E-state index is 12.2. The number of hydrogen-bond donors (Lipinski definition) is 4. The molecule has 1 saturated heterocycles. The quantitative estimate of drug-likeness (QED) is 0.438. The van der Waals surface area contributed by atoms with E-state index in [1.807, 2.05) is 13.0 Å². The van der Waals surface area contributed by atoms with Crippen LogP contribution < -0.4 is 0 Å². The molecule has 7 atom stereocenters. The molecule has 0 aromatic heterocycles. The molecule has 1 aliphatic carbocycles. The van der Waals surface area contributed by atoms with E-state index in [0.717, 1.165) is 24.8 Å². The summed E-state index contributed by atoms with van der Waals surface area (Å²) in [6.07, 6.45) is 2.23. The van der Waals surface area contributed by atoms with Crippen LogP contribution in [0.15, 0.2) is 23.8 Å². The Kier molecular flexibility index (Phi) is 8.41. The highest BCUT2D eigenvalue weighted by Gasteiger charge is 2.48. The van der Waals surface area contributed by atoms with Gasteiger partial charge in [0.1, 0.15) is 24.4 Å². The number of allylic oxidation sites excluding steroid dienone is 3. The molecule has 1 heterocycles. The Morgan fingerprint density at radius 1 is 1.27 bits per heavy atom. The fourth-order valence-electron chi connectivity index (χ4n) is 4.72. The van der Waals surface area contributed by atoms with Crippen LogP contribution in [-0.2, 0) is 14.3 Å². The summed E-state index contributed by atoms with van der Waals surface area (Å²) in [5.41, 5.74) is 0.495. The van der Waals surface area contributed by atoms with Gasteiger partial charge in [-0.3, -0.25) is 4.79 Å². The largest absolute Gasteiger partial charge is 0.394 e. The second-order valence-corrected chi connectivity index (χ2v) is 9.33. The van der Waals surface area contributed by atoms with Crippen LogP contribution in [0.2, 0.25) is 0 Å². The molecule has 0 aromatic carbocycles. The van der Waals surface area contributed by atoms with Crippen molar-refractivity contribution in [1.82, 2.24) is 0 Å². The fraction of sp³-hybridized carbons (Fsp3) is 0.783. The van der Waals surface area contributed by atoms with Gasteiger partial charge in [-0.2, -0.15) is 0 Å². The van der Waals surface area contributed by atoms with Gasteiger partial charge >= 0.3 is 0 Å². The third-order valence-electron chi connectivity index (χ3n) is 6.68. The van der Waals surface area contributed by atoms with Crippen molar-refractivity contribution in [3.8, 4) is 0 Å². The highest BCUT2D eigenvalue weighted by molar-refractivity contribution is 5.92. The lowest BCUT2D eigenvalue weighted by atomic mass is 9.55. The molecule has 172 valence electrons. The van der Waals surface area contributed by atoms with E-state index in [1.165, 1.54) is 0 Å². The second kappa shape index (κ2) is 10.0. The van der Waals surface area contributed by atoms with Crippen LogP contribution in [0, 0.1) is 10.8 Å². The number of aliphatic hydroxyl groups excluding tert-OH is 4. The average molecular weight is 427 g/mol. The molecule has 0 amide bonds. The number of carbonyl (C=O) groups excluding carboxylic acids is 1. The van der Waals surface area contributed by atoms with Crippen molar-refractivity contribution < 1.29 is 34.7 Å². The van der Waals surface area contributed by atoms with E-state index >= 15 is 0 Å². The van der Waals surface area contributed by atoms with Gasteiger partial charge in [-0.1, -0.05) is 51.3 Å². The molecule has 0 bridgehead atoms. The van der Waals surface area contributed by atoms with Crippen molar-refractivity contribution in [1.29, 1.82) is 0 Å². The molecule has 1 aliphatic heterocycles. The van der Waals surface area contributed by atoms with E-state index in [-0.39, 0.29) is 16.6 Å². The minimum atomic E-state index is -1.47. The van der Waals surface area contributed by atoms with Crippen molar-refractivity contribution >= 4 is 5.78 Å². The first-order chi connectivity index (χ1) is 14.0. The standard InChI is InChI=1S/C23H38O7/c1-6-7-9-23(14(2)11-16(25)12-22(23,4)5)10-8-15(3)29-21-20(28)19(27)18(26)17(13-24)30-21/h8,10-11,15,17-21,24,26-28H,6-7,9,12-13H2,1-5H3/b10-8+/t15?,17-,18-,19+,20-,21-,23-/m1/s1. The Morgan fingerprint density at radius 2 is 1.93 bits per heavy atom. The van der Waals surface area contributed by atoms with Crippen LogP contribution in [0.3, 0.4) is 0 Å². The molecular formula is C23H38O7. The number of ketones is 1. The average Bonchev–Trinajstić information content (AvgIpc) is 2.67. The van der Waals surface area contributed by atoms with Crippen LogP contribution in [-0.4, -0.2) is 69.6 Å². The Hall–Kier alpha value is -1.09. The summed E-state index contributed by atoms with van der Waals surface area (Å²) in [5, 5.41) is 39.4. The first-order valence-electron chi connectivity index (χ1n) is 10.9. The van der Waals surface area contributed by atoms with Crippen molar-refractivity contribution in [2.24, 2.45) is 10.8 Å². The van der Waals surface area contributed by atoms with Gasteiger partial charge in [-0.05, 0) is 31.8 Å². The van der Waals surface area contributed by atoms with E-state index in [2.05, 4.69) is 26.8 Å². The minimum absolute atomic E-state index is 0.142. The van der Waals surface area contributed by atoms with Gasteiger partial charge in [0.2, 0.25) is 0 Å². The number of rotatable bonds is 8. The summed E-state index contributed by atoms with van der Waals surface area (Å²) in [7, 11) is 0. The molecule has 7 heteroatoms. The minimum Gasteiger partial charge on any atom is -0.394 e. The highest BCUT2D eigenvalue weighted by Crippen LogP contribution is 2.54. The zero-order valence-electron chi connectivity index (χ0n) is 18.7. The Bertz CT molecular complexity index is 654. The van der Waals surface area contributed by atoms with Gasteiger partial charge in [-0.15, -0.1) is 0 Å². The van der Waals surface area contributed by atoms with Crippen molar-refractivity contribution in [2.75, 3.05) is 6.61 Å². The second-order valence-electron chi connectivity index (χ2n) is 9.33. The maximum Gasteiger partial charge on any atom is 0.187 e. The molecule has 0 aromatic rings. The number of ether oxygens (including phenoxy) is 2. The predicted octanol–water partition coefficient (Wildman–Crippen LogP) is 1.87. The molecule has 0 radical (unpaired) electrons. The van der Waals surface area contributed by atoms with Gasteiger partial charge in [0.05, 0.1) is 12.7 Å². The van der Waals surface area contributed by atoms with Crippen molar-refractivity contribution in [3.05, 3.63) is 23.8 Å². The summed E-state index contributed by atoms with van der Waals surface area (Å²) >= 11 is 0. The van der Waals surface area contributed by atoms with E-state index < -0.39 is 43.4 Å². The maximum atomic E-state index is 12.2. The third kappa shape index (κ3) is 5.03. The first kappa shape index (κ1) is 25.2. The van der Waals surface area contributed by atoms with Crippen LogP contribution in [0.4, 0.5) is 0 Å². The van der Waals surface area contributed by atoms with E-state index in [1.54, 1.807) is 13.0 Å². The van der Waals surface area contributed by atoms with Crippen LogP contribution in [0.1, 0.15) is 60.3 Å². The van der Waals surface area contributed by atoms with E-state index in [4.69, 9.17) is 9.47 Å². The van der Waals surface area contributed by atoms with Crippen LogP contribution in [0.25, 0.3) is 0 Å². The summed E-state index contributed by atoms with van der Waals surface area (Å²) in [6.45, 7) is 9.67. The third-order valence-corrected chi connectivity index (χ3v) is 6.68. The molecule has 0 spiro atoms. The molecule has 4 N–H and O–H groups in total. The monoisotopic (exact) mass is 426 g/mol. The smallest absolute Gasteiger partial charge is 0.187 e. The topological polar surface area (TPSA) is 116 Å². The van der Waals surface area contributed by atoms with E-state index in [0.29, 0.717) is 6.42 Å². The van der Waals surface area contributed by atoms with Gasteiger partial charge in [0, 0.05) is 11.8 Å². The van der Waals surface area contributed by atoms with E-state index in [9.17, 15) is 25.2 Å². The highest BCUT2D eigenvalue weighted by atomic mass is 16.7. The number of carbonyl (C=O) groups is 1. The summed E-state index contributed by atoms with van der Waals surface area (Å²) in [6, 6.07) is 0. The van der Waals surface area contributed by atoms with Crippen molar-refractivity contribution in [3.63, 3.8) is 0 Å². The molecule has 2 rings (SSSR count). The number of unbranched alkanes of at least 4 members (excludes halogenated alkanes) is 1. The lowest BCUT2D eigenvalue weighted by Crippen LogP contribution is -2.59. The molecule has 2 aliphatic rings. The Balaban J connectivity index is 2.21.